The van der Waals surface area contributed by atoms with Crippen LogP contribution >= 0.6 is 0 Å². The summed E-state index contributed by atoms with van der Waals surface area (Å²) in [5.74, 6) is 1.13. The van der Waals surface area contributed by atoms with Crippen LogP contribution in [0, 0.1) is 16.7 Å². The van der Waals surface area contributed by atoms with Crippen LogP contribution in [0.15, 0.2) is 12.4 Å². The molecule has 0 unspecified atom stereocenters. The smallest absolute Gasteiger partial charge is 0.226 e. The van der Waals surface area contributed by atoms with E-state index < -0.39 is 0 Å². The number of piperidine rings is 1. The largest absolute Gasteiger partial charge is 0.342 e. The maximum Gasteiger partial charge on any atom is 0.226 e. The average Bonchev–Trinajstić information content (AvgIpc) is 2.86. The molecule has 1 aliphatic carbocycles. The van der Waals surface area contributed by atoms with Gasteiger partial charge in [0.15, 0.2) is 0 Å². The molecule has 2 heterocycles. The topological polar surface area (TPSA) is 38.1 Å². The van der Waals surface area contributed by atoms with E-state index in [9.17, 15) is 4.79 Å². The highest BCUT2D eigenvalue weighted by Gasteiger charge is 2.68. The number of aryl methyl sites for hydroxylation is 1. The van der Waals surface area contributed by atoms with Crippen LogP contribution in [0.25, 0.3) is 0 Å². The molecule has 4 nitrogen and oxygen atoms in total. The molecular formula is C18H29N3O. The zero-order chi connectivity index (χ0) is 16.1. The van der Waals surface area contributed by atoms with Crippen LogP contribution in [0.2, 0.25) is 0 Å². The van der Waals surface area contributed by atoms with Gasteiger partial charge in [0.05, 0.1) is 6.20 Å². The summed E-state index contributed by atoms with van der Waals surface area (Å²) >= 11 is 0. The van der Waals surface area contributed by atoms with Crippen molar-refractivity contribution >= 4 is 5.91 Å². The van der Waals surface area contributed by atoms with Crippen LogP contribution in [0.4, 0.5) is 0 Å². The molecule has 2 aliphatic rings. The monoisotopic (exact) mass is 303 g/mol. The van der Waals surface area contributed by atoms with Gasteiger partial charge in [-0.2, -0.15) is 5.10 Å². The second-order valence-electron chi connectivity index (χ2n) is 8.11. The lowest BCUT2D eigenvalue weighted by Gasteiger charge is -2.32. The first kappa shape index (κ1) is 15.6. The zero-order valence-electron chi connectivity index (χ0n) is 14.6. The van der Waals surface area contributed by atoms with E-state index in [4.69, 9.17) is 0 Å². The van der Waals surface area contributed by atoms with Gasteiger partial charge >= 0.3 is 0 Å². The number of hydrogen-bond acceptors (Lipinski definition) is 2. The molecule has 1 aromatic rings. The Kier molecular flexibility index (Phi) is 3.61. The highest BCUT2D eigenvalue weighted by molar-refractivity contribution is 5.84. The van der Waals surface area contributed by atoms with Gasteiger partial charge < -0.3 is 4.90 Å². The summed E-state index contributed by atoms with van der Waals surface area (Å²) in [6.45, 7) is 13.7. The Hall–Kier alpha value is -1.32. The lowest BCUT2D eigenvalue weighted by molar-refractivity contribution is -0.134. The SMILES string of the molecule is CCn1cc(C2CCN(C(=O)C3C(C)(C)C3(C)C)CC2)cn1. The molecule has 122 valence electrons. The fraction of sp³-hybridized carbons (Fsp3) is 0.778. The molecule has 1 aromatic heterocycles. The molecule has 0 N–H and O–H groups in total. The lowest BCUT2D eigenvalue weighted by Crippen LogP contribution is -2.39. The summed E-state index contributed by atoms with van der Waals surface area (Å²) in [7, 11) is 0. The number of nitrogens with zero attached hydrogens (tertiary/aromatic N) is 3. The predicted molar refractivity (Wildman–Crippen MR) is 87.5 cm³/mol. The predicted octanol–water partition coefficient (Wildman–Crippen LogP) is 3.29. The second kappa shape index (κ2) is 5.10. The maximum atomic E-state index is 12.8. The van der Waals surface area contributed by atoms with E-state index in [1.807, 2.05) is 10.9 Å². The van der Waals surface area contributed by atoms with Gasteiger partial charge in [-0.3, -0.25) is 9.48 Å². The summed E-state index contributed by atoms with van der Waals surface area (Å²) in [5.41, 5.74) is 1.62. The first-order chi connectivity index (χ1) is 10.3. The highest BCUT2D eigenvalue weighted by atomic mass is 16.2. The van der Waals surface area contributed by atoms with Crippen molar-refractivity contribution in [3.05, 3.63) is 18.0 Å². The Balaban J connectivity index is 1.59. The Labute approximate surface area is 133 Å². The Morgan fingerprint density at radius 2 is 1.82 bits per heavy atom. The van der Waals surface area contributed by atoms with E-state index in [2.05, 4.69) is 50.8 Å². The van der Waals surface area contributed by atoms with Crippen molar-refractivity contribution in [2.24, 2.45) is 16.7 Å². The van der Waals surface area contributed by atoms with Gasteiger partial charge in [0.25, 0.3) is 0 Å². The Morgan fingerprint density at radius 3 is 2.27 bits per heavy atom. The quantitative estimate of drug-likeness (QED) is 0.859. The van der Waals surface area contributed by atoms with Crippen LogP contribution < -0.4 is 0 Å². The number of rotatable bonds is 3. The zero-order valence-corrected chi connectivity index (χ0v) is 14.6. The van der Waals surface area contributed by atoms with Gasteiger partial charge in [-0.15, -0.1) is 0 Å². The van der Waals surface area contributed by atoms with Crippen LogP contribution in [-0.4, -0.2) is 33.7 Å². The van der Waals surface area contributed by atoms with Gasteiger partial charge in [-0.05, 0) is 42.1 Å². The molecule has 3 rings (SSSR count). The number of carbonyl (C=O) groups is 1. The normalized spacial score (nSPS) is 24.5. The molecule has 22 heavy (non-hydrogen) atoms. The molecule has 0 spiro atoms. The van der Waals surface area contributed by atoms with E-state index in [-0.39, 0.29) is 16.7 Å². The first-order valence-electron chi connectivity index (χ1n) is 8.60. The molecule has 1 aliphatic heterocycles. The molecule has 0 aromatic carbocycles. The van der Waals surface area contributed by atoms with E-state index in [0.29, 0.717) is 11.8 Å². The molecular weight excluding hydrogens is 274 g/mol. The summed E-state index contributed by atoms with van der Waals surface area (Å²) < 4.78 is 1.99. The van der Waals surface area contributed by atoms with Crippen molar-refractivity contribution in [3.63, 3.8) is 0 Å². The van der Waals surface area contributed by atoms with E-state index >= 15 is 0 Å². The van der Waals surface area contributed by atoms with Gasteiger partial charge in [-0.1, -0.05) is 27.7 Å². The standard InChI is InChI=1S/C18H29N3O/c1-6-21-12-14(11-19-21)13-7-9-20(10-8-13)16(22)15-17(2,3)18(15,4)5/h11-13,15H,6-10H2,1-5H3. The fourth-order valence-electron chi connectivity index (χ4n) is 4.19. The minimum absolute atomic E-state index is 0.142. The van der Waals surface area contributed by atoms with Crippen LogP contribution in [0.1, 0.15) is 58.9 Å². The lowest BCUT2D eigenvalue weighted by atomic mass is 9.91. The number of aromatic nitrogens is 2. The van der Waals surface area contributed by atoms with Crippen molar-refractivity contribution in [3.8, 4) is 0 Å². The average molecular weight is 303 g/mol. The van der Waals surface area contributed by atoms with E-state index in [0.717, 1.165) is 32.5 Å². The van der Waals surface area contributed by atoms with Crippen LogP contribution in [-0.2, 0) is 11.3 Å². The van der Waals surface area contributed by atoms with Gasteiger partial charge in [0.1, 0.15) is 0 Å². The third-order valence-electron chi connectivity index (χ3n) is 6.52. The summed E-state index contributed by atoms with van der Waals surface area (Å²) in [5, 5.41) is 4.38. The highest BCUT2D eigenvalue weighted by Crippen LogP contribution is 2.68. The van der Waals surface area contributed by atoms with Gasteiger partial charge in [-0.25, -0.2) is 0 Å². The molecule has 0 atom stereocenters. The molecule has 1 amide bonds. The number of likely N-dealkylation sites (tertiary alicyclic amines) is 1. The molecule has 0 bridgehead atoms. The van der Waals surface area contributed by atoms with Crippen molar-refractivity contribution in [2.75, 3.05) is 13.1 Å². The molecule has 0 radical (unpaired) electrons. The maximum absolute atomic E-state index is 12.8. The number of amides is 1. The van der Waals surface area contributed by atoms with Crippen LogP contribution in [0.5, 0.6) is 0 Å². The van der Waals surface area contributed by atoms with Crippen molar-refractivity contribution in [1.82, 2.24) is 14.7 Å². The molecule has 4 heteroatoms. The first-order valence-corrected chi connectivity index (χ1v) is 8.60. The third kappa shape index (κ3) is 2.27. The summed E-state index contributed by atoms with van der Waals surface area (Å²) in [6.07, 6.45) is 6.29. The van der Waals surface area contributed by atoms with Gasteiger partial charge in [0, 0.05) is 31.7 Å². The second-order valence-corrected chi connectivity index (χ2v) is 8.11. The number of hydrogen-bond donors (Lipinski definition) is 0. The Morgan fingerprint density at radius 1 is 1.23 bits per heavy atom. The number of carbonyl (C=O) groups excluding carboxylic acids is 1. The van der Waals surface area contributed by atoms with E-state index in [1.165, 1.54) is 5.56 Å². The minimum atomic E-state index is 0.142. The van der Waals surface area contributed by atoms with Crippen molar-refractivity contribution in [1.29, 1.82) is 0 Å². The summed E-state index contributed by atoms with van der Waals surface area (Å²) in [6, 6.07) is 0. The fourth-order valence-corrected chi connectivity index (χ4v) is 4.19. The minimum Gasteiger partial charge on any atom is -0.342 e. The Bertz CT molecular complexity index is 551. The summed E-state index contributed by atoms with van der Waals surface area (Å²) in [4.78, 5) is 14.9. The molecule has 2 fully saturated rings. The van der Waals surface area contributed by atoms with Gasteiger partial charge in [0.2, 0.25) is 5.91 Å². The van der Waals surface area contributed by atoms with Crippen molar-refractivity contribution < 1.29 is 4.79 Å². The molecule has 1 saturated heterocycles. The van der Waals surface area contributed by atoms with Crippen molar-refractivity contribution in [2.45, 2.75) is 59.9 Å². The molecule has 1 saturated carbocycles. The third-order valence-corrected chi connectivity index (χ3v) is 6.52. The van der Waals surface area contributed by atoms with E-state index in [1.54, 1.807) is 0 Å². The van der Waals surface area contributed by atoms with Crippen LogP contribution in [0.3, 0.4) is 0 Å².